The minimum absolute atomic E-state index is 0.0126. The summed E-state index contributed by atoms with van der Waals surface area (Å²) in [7, 11) is 0. The van der Waals surface area contributed by atoms with Crippen molar-refractivity contribution in [3.8, 4) is 0 Å². The number of carbonyl (C=O) groups is 1. The quantitative estimate of drug-likeness (QED) is 0.782. The fourth-order valence-corrected chi connectivity index (χ4v) is 1.78. The molecule has 0 aliphatic heterocycles. The average Bonchev–Trinajstić information content (AvgIpc) is 2.65. The Morgan fingerprint density at radius 3 is 3.00 bits per heavy atom. The van der Waals surface area contributed by atoms with E-state index in [2.05, 4.69) is 11.4 Å². The number of hydrogen-bond acceptors (Lipinski definition) is 3. The highest BCUT2D eigenvalue weighted by atomic mass is 32.1. The van der Waals surface area contributed by atoms with Crippen LogP contribution in [0.15, 0.2) is 16.8 Å². The number of thiophene rings is 1. The molecule has 0 bridgehead atoms. The topological polar surface area (TPSA) is 43.1 Å². The molecule has 0 aromatic carbocycles. The minimum atomic E-state index is 0.0126. The maximum absolute atomic E-state index is 11.4. The first kappa shape index (κ1) is 10.4. The molecule has 0 saturated carbocycles. The fourth-order valence-electron chi connectivity index (χ4n) is 1.08. The highest BCUT2D eigenvalue weighted by molar-refractivity contribution is 7.07. The van der Waals surface area contributed by atoms with Gasteiger partial charge in [0.05, 0.1) is 0 Å². The summed E-state index contributed by atoms with van der Waals surface area (Å²) in [5, 5.41) is 4.12. The number of Topliss-reactive ketones (excluding diaryl/α,β-unsaturated/α-hetero) is 1. The molecule has 1 atom stereocenters. The average molecular weight is 197 g/mol. The molecule has 0 spiro atoms. The van der Waals surface area contributed by atoms with Gasteiger partial charge in [0.15, 0.2) is 0 Å². The molecular formula is C10H15NOS. The Bertz CT molecular complexity index is 256. The lowest BCUT2D eigenvalue weighted by Gasteiger charge is -2.05. The molecule has 2 nitrogen and oxygen atoms in total. The summed E-state index contributed by atoms with van der Waals surface area (Å²) in [5.74, 6) is 0.285. The van der Waals surface area contributed by atoms with Crippen molar-refractivity contribution in [2.24, 2.45) is 11.7 Å². The van der Waals surface area contributed by atoms with E-state index in [0.29, 0.717) is 13.0 Å². The number of ketones is 1. The molecular weight excluding hydrogens is 182 g/mol. The molecule has 13 heavy (non-hydrogen) atoms. The van der Waals surface area contributed by atoms with Gasteiger partial charge >= 0.3 is 0 Å². The number of hydrogen-bond donors (Lipinski definition) is 1. The maximum Gasteiger partial charge on any atom is 0.137 e. The van der Waals surface area contributed by atoms with E-state index >= 15 is 0 Å². The van der Waals surface area contributed by atoms with Gasteiger partial charge in [-0.3, -0.25) is 4.79 Å². The van der Waals surface area contributed by atoms with Crippen LogP contribution in [0.2, 0.25) is 0 Å². The highest BCUT2D eigenvalue weighted by Gasteiger charge is 2.10. The van der Waals surface area contributed by atoms with Crippen LogP contribution in [0, 0.1) is 5.92 Å². The second kappa shape index (κ2) is 5.14. The Hall–Kier alpha value is -0.670. The van der Waals surface area contributed by atoms with Crippen LogP contribution >= 0.6 is 11.3 Å². The molecule has 2 N–H and O–H groups in total. The third-order valence-corrected chi connectivity index (χ3v) is 2.88. The van der Waals surface area contributed by atoms with E-state index < -0.39 is 0 Å². The fraction of sp³-hybridized carbons (Fsp3) is 0.500. The van der Waals surface area contributed by atoms with Crippen LogP contribution in [0.4, 0.5) is 0 Å². The molecule has 0 aliphatic rings. The Morgan fingerprint density at radius 2 is 2.46 bits per heavy atom. The van der Waals surface area contributed by atoms with Gasteiger partial charge in [-0.05, 0) is 28.8 Å². The summed E-state index contributed by atoms with van der Waals surface area (Å²) in [5.41, 5.74) is 6.66. The number of rotatable bonds is 5. The van der Waals surface area contributed by atoms with Gasteiger partial charge < -0.3 is 5.73 Å². The molecule has 1 unspecified atom stereocenters. The first-order valence-corrected chi connectivity index (χ1v) is 5.42. The lowest BCUT2D eigenvalue weighted by atomic mass is 10.0. The van der Waals surface area contributed by atoms with Crippen molar-refractivity contribution in [2.75, 3.05) is 6.54 Å². The van der Waals surface area contributed by atoms with Crippen molar-refractivity contribution in [3.63, 3.8) is 0 Å². The van der Waals surface area contributed by atoms with Crippen molar-refractivity contribution in [1.29, 1.82) is 0 Å². The Labute approximate surface area is 82.8 Å². The van der Waals surface area contributed by atoms with Crippen molar-refractivity contribution in [2.45, 2.75) is 19.8 Å². The number of nitrogens with two attached hydrogens (primary N) is 1. The SMILES string of the molecule is CC(CN)C(=O)CCc1ccsc1. The van der Waals surface area contributed by atoms with Crippen LogP contribution in [-0.4, -0.2) is 12.3 Å². The molecule has 3 heteroatoms. The summed E-state index contributed by atoms with van der Waals surface area (Å²) < 4.78 is 0. The van der Waals surface area contributed by atoms with E-state index in [-0.39, 0.29) is 11.7 Å². The predicted octanol–water partition coefficient (Wildman–Crippen LogP) is 1.84. The normalized spacial score (nSPS) is 12.8. The molecule has 0 radical (unpaired) electrons. The van der Waals surface area contributed by atoms with Crippen molar-refractivity contribution < 1.29 is 4.79 Å². The van der Waals surface area contributed by atoms with Gasteiger partial charge in [-0.15, -0.1) is 0 Å². The van der Waals surface area contributed by atoms with E-state index in [9.17, 15) is 4.79 Å². The molecule has 72 valence electrons. The van der Waals surface area contributed by atoms with Crippen LogP contribution in [-0.2, 0) is 11.2 Å². The summed E-state index contributed by atoms with van der Waals surface area (Å²) in [4.78, 5) is 11.4. The summed E-state index contributed by atoms with van der Waals surface area (Å²) in [6.07, 6.45) is 1.47. The standard InChI is InChI=1S/C10H15NOS/c1-8(6-11)10(12)3-2-9-4-5-13-7-9/h4-5,7-8H,2-3,6,11H2,1H3. The van der Waals surface area contributed by atoms with Crippen molar-refractivity contribution >= 4 is 17.1 Å². The minimum Gasteiger partial charge on any atom is -0.330 e. The number of carbonyl (C=O) groups excluding carboxylic acids is 1. The van der Waals surface area contributed by atoms with E-state index in [0.717, 1.165) is 6.42 Å². The second-order valence-electron chi connectivity index (χ2n) is 3.23. The monoisotopic (exact) mass is 197 g/mol. The Kier molecular flexibility index (Phi) is 4.12. The Balaban J connectivity index is 2.31. The van der Waals surface area contributed by atoms with Gasteiger partial charge in [0.2, 0.25) is 0 Å². The van der Waals surface area contributed by atoms with Crippen molar-refractivity contribution in [3.05, 3.63) is 22.4 Å². The second-order valence-corrected chi connectivity index (χ2v) is 4.01. The molecule has 0 fully saturated rings. The molecule has 1 heterocycles. The summed E-state index contributed by atoms with van der Waals surface area (Å²) in [6, 6.07) is 2.06. The first-order valence-electron chi connectivity index (χ1n) is 4.48. The van der Waals surface area contributed by atoms with E-state index in [4.69, 9.17) is 5.73 Å². The van der Waals surface area contributed by atoms with Gasteiger partial charge in [0, 0.05) is 18.9 Å². The molecule has 1 aromatic heterocycles. The van der Waals surface area contributed by atoms with Crippen molar-refractivity contribution in [1.82, 2.24) is 0 Å². The first-order chi connectivity index (χ1) is 6.24. The lowest BCUT2D eigenvalue weighted by molar-refractivity contribution is -0.122. The zero-order valence-corrected chi connectivity index (χ0v) is 8.64. The van der Waals surface area contributed by atoms with Crippen LogP contribution in [0.3, 0.4) is 0 Å². The molecule has 1 aromatic rings. The van der Waals surface area contributed by atoms with Gasteiger partial charge in [-0.25, -0.2) is 0 Å². The zero-order valence-electron chi connectivity index (χ0n) is 7.82. The summed E-state index contributed by atoms with van der Waals surface area (Å²) in [6.45, 7) is 2.35. The maximum atomic E-state index is 11.4. The third kappa shape index (κ3) is 3.28. The van der Waals surface area contributed by atoms with Gasteiger partial charge in [-0.2, -0.15) is 11.3 Å². The van der Waals surface area contributed by atoms with Gasteiger partial charge in [0.25, 0.3) is 0 Å². The van der Waals surface area contributed by atoms with Gasteiger partial charge in [-0.1, -0.05) is 6.92 Å². The van der Waals surface area contributed by atoms with Crippen LogP contribution in [0.25, 0.3) is 0 Å². The molecule has 0 saturated heterocycles. The smallest absolute Gasteiger partial charge is 0.137 e. The van der Waals surface area contributed by atoms with Crippen LogP contribution in [0.1, 0.15) is 18.9 Å². The number of aryl methyl sites for hydroxylation is 1. The van der Waals surface area contributed by atoms with E-state index in [1.165, 1.54) is 5.56 Å². The largest absolute Gasteiger partial charge is 0.330 e. The van der Waals surface area contributed by atoms with Crippen LogP contribution < -0.4 is 5.73 Å². The van der Waals surface area contributed by atoms with E-state index in [1.807, 2.05) is 12.3 Å². The predicted molar refractivity (Wildman–Crippen MR) is 55.9 cm³/mol. The molecule has 0 aliphatic carbocycles. The highest BCUT2D eigenvalue weighted by Crippen LogP contribution is 2.10. The molecule has 0 amide bonds. The van der Waals surface area contributed by atoms with Crippen LogP contribution in [0.5, 0.6) is 0 Å². The Morgan fingerprint density at radius 1 is 1.69 bits per heavy atom. The summed E-state index contributed by atoms with van der Waals surface area (Å²) >= 11 is 1.67. The lowest BCUT2D eigenvalue weighted by Crippen LogP contribution is -2.20. The zero-order chi connectivity index (χ0) is 9.68. The third-order valence-electron chi connectivity index (χ3n) is 2.14. The van der Waals surface area contributed by atoms with Gasteiger partial charge in [0.1, 0.15) is 5.78 Å². The van der Waals surface area contributed by atoms with E-state index in [1.54, 1.807) is 11.3 Å². The molecule has 1 rings (SSSR count).